The molecule has 1 saturated carbocycles. The average molecular weight is 636 g/mol. The summed E-state index contributed by atoms with van der Waals surface area (Å²) >= 11 is 0. The predicted molar refractivity (Wildman–Crippen MR) is 160 cm³/mol. The molecule has 2 atom stereocenters. The van der Waals surface area contributed by atoms with Crippen LogP contribution >= 0.6 is 0 Å². The smallest absolute Gasteiger partial charge is 0.408 e. The number of hydrogen-bond donors (Lipinski definition) is 2. The Kier molecular flexibility index (Phi) is 10.6. The van der Waals surface area contributed by atoms with E-state index in [1.165, 1.54) is 23.1 Å². The first-order valence-electron chi connectivity index (χ1n) is 15.2. The summed E-state index contributed by atoms with van der Waals surface area (Å²) in [5, 5.41) is 2.67. The minimum atomic E-state index is -3.06. The Hall–Kier alpha value is -3.94. The quantitative estimate of drug-likeness (QED) is 0.342. The van der Waals surface area contributed by atoms with Crippen LogP contribution in [0, 0.1) is 11.8 Å². The highest BCUT2D eigenvalue weighted by Crippen LogP contribution is 2.37. The van der Waals surface area contributed by atoms with Crippen molar-refractivity contribution in [3.63, 3.8) is 0 Å². The fourth-order valence-corrected chi connectivity index (χ4v) is 5.04. The van der Waals surface area contributed by atoms with Gasteiger partial charge in [-0.25, -0.2) is 9.78 Å². The van der Waals surface area contributed by atoms with E-state index in [4.69, 9.17) is 19.6 Å². The molecule has 3 N–H and O–H groups in total. The normalized spacial score (nSPS) is 18.2. The maximum atomic E-state index is 14.1. The number of nitrogens with one attached hydrogen (secondary N) is 1. The van der Waals surface area contributed by atoms with E-state index in [0.29, 0.717) is 30.6 Å². The molecule has 0 bridgehead atoms. The van der Waals surface area contributed by atoms with Gasteiger partial charge in [0.2, 0.25) is 11.8 Å². The summed E-state index contributed by atoms with van der Waals surface area (Å²) in [7, 11) is 0. The molecular weight excluding hydrogens is 592 g/mol. The fourth-order valence-electron chi connectivity index (χ4n) is 5.04. The van der Waals surface area contributed by atoms with Gasteiger partial charge in [-0.15, -0.1) is 0 Å². The molecule has 0 radical (unpaired) electrons. The fraction of sp³-hybridized carbons (Fsp3) is 0.613. The molecule has 0 spiro atoms. The summed E-state index contributed by atoms with van der Waals surface area (Å²) in [6.45, 7) is 9.87. The van der Waals surface area contributed by atoms with E-state index in [0.717, 1.165) is 19.4 Å². The number of amides is 3. The van der Waals surface area contributed by atoms with Crippen LogP contribution in [0.1, 0.15) is 76.7 Å². The summed E-state index contributed by atoms with van der Waals surface area (Å²) in [6, 6.07) is 2.41. The Morgan fingerprint density at radius 2 is 1.84 bits per heavy atom. The molecular formula is C31H43F2N5O7. The van der Waals surface area contributed by atoms with Gasteiger partial charge in [0.25, 0.3) is 5.91 Å². The van der Waals surface area contributed by atoms with Gasteiger partial charge < -0.3 is 34.6 Å². The SMILES string of the molecule is CC(C)CN1CCN(C(=O)c2nc(-c3ccc(OC(F)F)c(OCC4CC4)c3)oc2[C@H](C)NC(=O)OC(C)(C)C)C(C(N)=O)C1. The van der Waals surface area contributed by atoms with Gasteiger partial charge in [0.05, 0.1) is 12.6 Å². The lowest BCUT2D eigenvalue weighted by atomic mass is 10.1. The molecule has 1 aliphatic carbocycles. The van der Waals surface area contributed by atoms with Crippen LogP contribution in [0.5, 0.6) is 11.5 Å². The summed E-state index contributed by atoms with van der Waals surface area (Å²) in [6.07, 6.45) is 1.23. The largest absolute Gasteiger partial charge is 0.489 e. The molecule has 1 aromatic carbocycles. The second-order valence-electron chi connectivity index (χ2n) is 13.0. The molecule has 1 aliphatic heterocycles. The Morgan fingerprint density at radius 3 is 2.44 bits per heavy atom. The number of carbonyl (C=O) groups is 3. The molecule has 2 fully saturated rings. The van der Waals surface area contributed by atoms with Crippen molar-refractivity contribution >= 4 is 17.9 Å². The van der Waals surface area contributed by atoms with E-state index in [2.05, 4.69) is 33.8 Å². The summed E-state index contributed by atoms with van der Waals surface area (Å²) in [5.41, 5.74) is 5.16. The zero-order valence-corrected chi connectivity index (χ0v) is 26.6. The van der Waals surface area contributed by atoms with Gasteiger partial charge in [-0.05, 0) is 70.6 Å². The lowest BCUT2D eigenvalue weighted by Gasteiger charge is -2.40. The lowest BCUT2D eigenvalue weighted by Crippen LogP contribution is -2.60. The standard InChI is InChI=1S/C31H43F2N5O7/c1-17(2)14-37-11-12-38(21(15-37)26(34)39)28(40)24-25(18(3)35-30(41)45-31(4,5)6)44-27(36-24)20-9-10-22(43-29(32)33)23(13-20)42-16-19-7-8-19/h9-10,13,17-19,21,29H,7-8,11-12,14-16H2,1-6H3,(H2,34,39)(H,35,41)/t18-,21?/m0/s1. The number of piperazine rings is 1. The van der Waals surface area contributed by atoms with Gasteiger partial charge in [0.1, 0.15) is 11.6 Å². The number of rotatable bonds is 12. The van der Waals surface area contributed by atoms with Gasteiger partial charge in [-0.2, -0.15) is 8.78 Å². The number of carbonyl (C=O) groups excluding carboxylic acids is 3. The lowest BCUT2D eigenvalue weighted by molar-refractivity contribution is -0.124. The maximum Gasteiger partial charge on any atom is 0.408 e. The van der Waals surface area contributed by atoms with Crippen LogP contribution in [0.25, 0.3) is 11.5 Å². The Labute approximate surface area is 261 Å². The van der Waals surface area contributed by atoms with Crippen molar-refractivity contribution in [2.45, 2.75) is 78.7 Å². The van der Waals surface area contributed by atoms with Crippen molar-refractivity contribution in [2.24, 2.45) is 17.6 Å². The van der Waals surface area contributed by atoms with Gasteiger partial charge in [0, 0.05) is 31.7 Å². The minimum absolute atomic E-state index is 0.0158. The second-order valence-corrected chi connectivity index (χ2v) is 13.0. The third-order valence-electron chi connectivity index (χ3n) is 7.24. The number of alkyl carbamates (subject to hydrolysis) is 1. The maximum absolute atomic E-state index is 14.1. The molecule has 1 saturated heterocycles. The highest BCUT2D eigenvalue weighted by Gasteiger charge is 2.38. The molecule has 12 nitrogen and oxygen atoms in total. The number of ether oxygens (including phenoxy) is 3. The Bertz CT molecular complexity index is 1370. The van der Waals surface area contributed by atoms with Gasteiger partial charge >= 0.3 is 12.7 Å². The molecule has 1 aromatic heterocycles. The zero-order chi connectivity index (χ0) is 33.1. The molecule has 3 amide bonds. The number of benzene rings is 1. The molecule has 2 heterocycles. The van der Waals surface area contributed by atoms with E-state index in [1.807, 2.05) is 0 Å². The van der Waals surface area contributed by atoms with Crippen molar-refractivity contribution in [1.29, 1.82) is 0 Å². The van der Waals surface area contributed by atoms with Crippen LogP contribution in [-0.4, -0.2) is 83.7 Å². The Balaban J connectivity index is 1.70. The number of alkyl halides is 2. The van der Waals surface area contributed by atoms with Gasteiger partial charge in [-0.3, -0.25) is 14.5 Å². The molecule has 2 aliphatic rings. The first-order valence-corrected chi connectivity index (χ1v) is 15.2. The van der Waals surface area contributed by atoms with E-state index in [-0.39, 0.29) is 41.9 Å². The number of aromatic nitrogens is 1. The number of primary amides is 1. The van der Waals surface area contributed by atoms with Gasteiger partial charge in [-0.1, -0.05) is 13.8 Å². The van der Waals surface area contributed by atoms with Crippen LogP contribution in [0.15, 0.2) is 22.6 Å². The summed E-state index contributed by atoms with van der Waals surface area (Å²) in [5.74, 6) is -0.668. The summed E-state index contributed by atoms with van der Waals surface area (Å²) in [4.78, 5) is 47.2. The number of hydrogen-bond acceptors (Lipinski definition) is 9. The number of nitrogens with zero attached hydrogens (tertiary/aromatic N) is 3. The topological polar surface area (TPSA) is 149 Å². The van der Waals surface area contributed by atoms with Crippen molar-refractivity contribution in [2.75, 3.05) is 32.8 Å². The molecule has 4 rings (SSSR count). The van der Waals surface area contributed by atoms with Crippen molar-refractivity contribution in [3.8, 4) is 23.0 Å². The molecule has 248 valence electrons. The molecule has 1 unspecified atom stereocenters. The molecule has 45 heavy (non-hydrogen) atoms. The zero-order valence-electron chi connectivity index (χ0n) is 26.6. The third-order valence-corrected chi connectivity index (χ3v) is 7.24. The van der Waals surface area contributed by atoms with Crippen LogP contribution in [0.2, 0.25) is 0 Å². The van der Waals surface area contributed by atoms with Crippen molar-refractivity contribution in [1.82, 2.24) is 20.1 Å². The monoisotopic (exact) mass is 635 g/mol. The van der Waals surface area contributed by atoms with E-state index >= 15 is 0 Å². The molecule has 2 aromatic rings. The second kappa shape index (κ2) is 14.0. The highest BCUT2D eigenvalue weighted by molar-refractivity contribution is 5.97. The first-order chi connectivity index (χ1) is 21.1. The van der Waals surface area contributed by atoms with E-state index in [9.17, 15) is 23.2 Å². The van der Waals surface area contributed by atoms with Gasteiger partial charge in [0.15, 0.2) is 23.0 Å². The third kappa shape index (κ3) is 9.28. The average Bonchev–Trinajstić information content (AvgIpc) is 3.65. The van der Waals surface area contributed by atoms with E-state index in [1.54, 1.807) is 27.7 Å². The Morgan fingerprint density at radius 1 is 1.13 bits per heavy atom. The van der Waals surface area contributed by atoms with E-state index < -0.39 is 42.2 Å². The van der Waals surface area contributed by atoms with Crippen LogP contribution in [0.3, 0.4) is 0 Å². The molecule has 14 heteroatoms. The number of oxazole rings is 1. The minimum Gasteiger partial charge on any atom is -0.489 e. The number of halogens is 2. The summed E-state index contributed by atoms with van der Waals surface area (Å²) < 4.78 is 48.1. The van der Waals surface area contributed by atoms with Crippen molar-refractivity contribution < 1.29 is 41.8 Å². The first kappa shape index (κ1) is 33.9. The van der Waals surface area contributed by atoms with Crippen LogP contribution in [-0.2, 0) is 9.53 Å². The highest BCUT2D eigenvalue weighted by atomic mass is 19.3. The van der Waals surface area contributed by atoms with Crippen LogP contribution in [0.4, 0.5) is 13.6 Å². The van der Waals surface area contributed by atoms with Crippen molar-refractivity contribution in [3.05, 3.63) is 29.7 Å². The van der Waals surface area contributed by atoms with Crippen LogP contribution < -0.4 is 20.5 Å². The number of nitrogens with two attached hydrogens (primary N) is 1. The predicted octanol–water partition coefficient (Wildman–Crippen LogP) is 4.59.